The van der Waals surface area contributed by atoms with Crippen LogP contribution in [0.2, 0.25) is 0 Å². The van der Waals surface area contributed by atoms with Gasteiger partial charge in [0, 0.05) is 42.8 Å². The zero-order valence-electron chi connectivity index (χ0n) is 14.0. The Bertz CT molecular complexity index is 943. The number of nitrogens with one attached hydrogen (secondary N) is 1. The van der Waals surface area contributed by atoms with Crippen molar-refractivity contribution in [3.8, 4) is 0 Å². The van der Waals surface area contributed by atoms with E-state index in [2.05, 4.69) is 21.2 Å². The third kappa shape index (κ3) is 4.45. The number of nitro groups is 1. The van der Waals surface area contributed by atoms with Crippen molar-refractivity contribution in [1.82, 2.24) is 9.62 Å². The maximum Gasteiger partial charge on any atom is 0.269 e. The molecule has 2 aromatic rings. The second kappa shape index (κ2) is 7.94. The van der Waals surface area contributed by atoms with Crippen LogP contribution in [0, 0.1) is 10.1 Å². The molecule has 0 radical (unpaired) electrons. The van der Waals surface area contributed by atoms with E-state index in [1.54, 1.807) is 12.1 Å². The molecule has 0 aliphatic heterocycles. The van der Waals surface area contributed by atoms with Crippen LogP contribution in [0.25, 0.3) is 0 Å². The molecule has 2 rings (SSSR count). The van der Waals surface area contributed by atoms with E-state index in [0.29, 0.717) is 10.0 Å². The van der Waals surface area contributed by atoms with E-state index in [1.807, 2.05) is 0 Å². The van der Waals surface area contributed by atoms with E-state index in [4.69, 9.17) is 0 Å². The lowest BCUT2D eigenvalue weighted by Gasteiger charge is -2.14. The summed E-state index contributed by atoms with van der Waals surface area (Å²) in [5, 5.41) is 13.3. The largest absolute Gasteiger partial charge is 0.348 e. The number of carbonyl (C=O) groups is 1. The van der Waals surface area contributed by atoms with E-state index in [1.165, 1.54) is 44.4 Å². The first kappa shape index (κ1) is 20.0. The number of amides is 1. The second-order valence-electron chi connectivity index (χ2n) is 5.54. The molecular formula is C16H16BrN3O5S. The Morgan fingerprint density at radius 3 is 2.35 bits per heavy atom. The number of carbonyl (C=O) groups excluding carboxylic acids is 1. The molecule has 0 spiro atoms. The Labute approximate surface area is 159 Å². The summed E-state index contributed by atoms with van der Waals surface area (Å²) in [7, 11) is -0.889. The van der Waals surface area contributed by atoms with Gasteiger partial charge in [-0.1, -0.05) is 12.1 Å². The molecule has 0 aromatic heterocycles. The lowest BCUT2D eigenvalue weighted by atomic mass is 10.2. The lowest BCUT2D eigenvalue weighted by Crippen LogP contribution is -2.25. The summed E-state index contributed by atoms with van der Waals surface area (Å²) in [4.78, 5) is 22.4. The Morgan fingerprint density at radius 2 is 1.81 bits per heavy atom. The van der Waals surface area contributed by atoms with Crippen molar-refractivity contribution >= 4 is 37.5 Å². The maximum absolute atomic E-state index is 12.3. The summed E-state index contributed by atoms with van der Waals surface area (Å²) in [6.07, 6.45) is 0. The van der Waals surface area contributed by atoms with Gasteiger partial charge >= 0.3 is 0 Å². The van der Waals surface area contributed by atoms with Crippen molar-refractivity contribution in [3.05, 3.63) is 68.2 Å². The molecule has 10 heteroatoms. The Hall–Kier alpha value is -2.30. The Kier molecular flexibility index (Phi) is 6.11. The summed E-state index contributed by atoms with van der Waals surface area (Å²) in [6, 6.07) is 10.1. The predicted molar refractivity (Wildman–Crippen MR) is 99.3 cm³/mol. The van der Waals surface area contributed by atoms with E-state index >= 15 is 0 Å². The molecule has 1 N–H and O–H groups in total. The zero-order valence-corrected chi connectivity index (χ0v) is 16.4. The molecule has 0 fully saturated rings. The van der Waals surface area contributed by atoms with Gasteiger partial charge in [-0.05, 0) is 39.7 Å². The van der Waals surface area contributed by atoms with Crippen LogP contribution < -0.4 is 5.32 Å². The van der Waals surface area contributed by atoms with Gasteiger partial charge in [0.25, 0.3) is 11.6 Å². The van der Waals surface area contributed by atoms with E-state index in [-0.39, 0.29) is 22.7 Å². The summed E-state index contributed by atoms with van der Waals surface area (Å²) in [5.74, 6) is -0.453. The van der Waals surface area contributed by atoms with Crippen molar-refractivity contribution in [1.29, 1.82) is 0 Å². The molecule has 138 valence electrons. The Balaban J connectivity index is 2.16. The molecule has 1 amide bonds. The van der Waals surface area contributed by atoms with Gasteiger partial charge in [-0.3, -0.25) is 14.9 Å². The fourth-order valence-electron chi connectivity index (χ4n) is 2.06. The quantitative estimate of drug-likeness (QED) is 0.546. The normalized spacial score (nSPS) is 11.4. The third-order valence-electron chi connectivity index (χ3n) is 3.55. The first-order valence-corrected chi connectivity index (χ1v) is 9.60. The SMILES string of the molecule is CN(C)S(=O)(=O)c1cc(C(=O)NCc2ccc([N+](=O)[O-])cc2)ccc1Br. The monoisotopic (exact) mass is 441 g/mol. The van der Waals surface area contributed by atoms with Gasteiger partial charge in [0.2, 0.25) is 10.0 Å². The number of nitro benzene ring substituents is 1. The van der Waals surface area contributed by atoms with Crippen LogP contribution in [0.1, 0.15) is 15.9 Å². The molecule has 8 nitrogen and oxygen atoms in total. The first-order chi connectivity index (χ1) is 12.1. The zero-order chi connectivity index (χ0) is 19.5. The number of halogens is 1. The molecule has 26 heavy (non-hydrogen) atoms. The van der Waals surface area contributed by atoms with Gasteiger partial charge < -0.3 is 5.32 Å². The van der Waals surface area contributed by atoms with Crippen molar-refractivity contribution in [2.24, 2.45) is 0 Å². The van der Waals surface area contributed by atoms with Crippen LogP contribution in [0.4, 0.5) is 5.69 Å². The number of rotatable bonds is 6. The fourth-order valence-corrected chi connectivity index (χ4v) is 3.90. The van der Waals surface area contributed by atoms with E-state index in [0.717, 1.165) is 4.31 Å². The molecule has 2 aromatic carbocycles. The number of non-ortho nitro benzene ring substituents is 1. The van der Waals surface area contributed by atoms with Crippen molar-refractivity contribution < 1.29 is 18.1 Å². The van der Waals surface area contributed by atoms with Gasteiger partial charge in [0.05, 0.1) is 9.82 Å². The van der Waals surface area contributed by atoms with Gasteiger partial charge in [-0.25, -0.2) is 12.7 Å². The van der Waals surface area contributed by atoms with Gasteiger partial charge in [-0.15, -0.1) is 0 Å². The minimum absolute atomic E-state index is 0.00881. The van der Waals surface area contributed by atoms with Crippen molar-refractivity contribution in [2.45, 2.75) is 11.4 Å². The fraction of sp³-hybridized carbons (Fsp3) is 0.188. The molecular weight excluding hydrogens is 426 g/mol. The number of benzene rings is 2. The van der Waals surface area contributed by atoms with Crippen LogP contribution in [0.3, 0.4) is 0 Å². The van der Waals surface area contributed by atoms with Crippen LogP contribution in [-0.2, 0) is 16.6 Å². The molecule has 0 atom stereocenters. The number of sulfonamides is 1. The van der Waals surface area contributed by atoms with Gasteiger partial charge in [0.1, 0.15) is 0 Å². The van der Waals surface area contributed by atoms with Crippen LogP contribution >= 0.6 is 15.9 Å². The molecule has 0 saturated carbocycles. The van der Waals surface area contributed by atoms with Crippen LogP contribution in [0.5, 0.6) is 0 Å². The Morgan fingerprint density at radius 1 is 1.19 bits per heavy atom. The first-order valence-electron chi connectivity index (χ1n) is 7.36. The van der Waals surface area contributed by atoms with Crippen LogP contribution in [0.15, 0.2) is 51.8 Å². The topological polar surface area (TPSA) is 110 Å². The van der Waals surface area contributed by atoms with Crippen molar-refractivity contribution in [3.63, 3.8) is 0 Å². The molecule has 0 heterocycles. The maximum atomic E-state index is 12.3. The third-order valence-corrected chi connectivity index (χ3v) is 6.36. The predicted octanol–water partition coefficient (Wildman–Crippen LogP) is 2.54. The van der Waals surface area contributed by atoms with Crippen LogP contribution in [-0.4, -0.2) is 37.6 Å². The highest BCUT2D eigenvalue weighted by molar-refractivity contribution is 9.10. The molecule has 0 bridgehead atoms. The number of nitrogens with zero attached hydrogens (tertiary/aromatic N) is 2. The molecule has 0 aliphatic carbocycles. The summed E-state index contributed by atoms with van der Waals surface area (Å²) >= 11 is 3.19. The number of hydrogen-bond acceptors (Lipinski definition) is 5. The molecule has 0 saturated heterocycles. The second-order valence-corrected chi connectivity index (χ2v) is 8.51. The highest BCUT2D eigenvalue weighted by atomic mass is 79.9. The minimum atomic E-state index is -3.70. The number of hydrogen-bond donors (Lipinski definition) is 1. The molecule has 0 aliphatic rings. The van der Waals surface area contributed by atoms with Gasteiger partial charge in [0.15, 0.2) is 0 Å². The molecule has 0 unspecified atom stereocenters. The van der Waals surface area contributed by atoms with E-state index in [9.17, 15) is 23.3 Å². The van der Waals surface area contributed by atoms with Gasteiger partial charge in [-0.2, -0.15) is 0 Å². The summed E-state index contributed by atoms with van der Waals surface area (Å²) in [5.41, 5.74) is 0.837. The average Bonchev–Trinajstić information content (AvgIpc) is 2.60. The van der Waals surface area contributed by atoms with E-state index < -0.39 is 20.9 Å². The standard InChI is InChI=1S/C16H16BrN3O5S/c1-19(2)26(24,25)15-9-12(5-8-14(15)17)16(21)18-10-11-3-6-13(7-4-11)20(22)23/h3-9H,10H2,1-2H3,(H,18,21). The average molecular weight is 442 g/mol. The van der Waals surface area contributed by atoms with Crippen molar-refractivity contribution in [2.75, 3.05) is 14.1 Å². The lowest BCUT2D eigenvalue weighted by molar-refractivity contribution is -0.384. The highest BCUT2D eigenvalue weighted by Crippen LogP contribution is 2.25. The highest BCUT2D eigenvalue weighted by Gasteiger charge is 2.22. The smallest absolute Gasteiger partial charge is 0.269 e. The summed E-state index contributed by atoms with van der Waals surface area (Å²) in [6.45, 7) is 0.155. The summed E-state index contributed by atoms with van der Waals surface area (Å²) < 4.78 is 26.0. The minimum Gasteiger partial charge on any atom is -0.348 e.